The average Bonchev–Trinajstić information content (AvgIpc) is 2.54. The summed E-state index contributed by atoms with van der Waals surface area (Å²) in [6.07, 6.45) is 7.83. The van der Waals surface area contributed by atoms with E-state index in [-0.39, 0.29) is 11.8 Å². The summed E-state index contributed by atoms with van der Waals surface area (Å²) < 4.78 is 5.20. The Labute approximate surface area is 101 Å². The Morgan fingerprint density at radius 2 is 2.29 bits per heavy atom. The SMILES string of the molecule is COC1=CC2=CCCC3C(=O)C(C)C(=C23)C=N1. The quantitative estimate of drug-likeness (QED) is 0.692. The molecule has 0 saturated heterocycles. The molecule has 1 heterocycles. The van der Waals surface area contributed by atoms with E-state index in [2.05, 4.69) is 11.1 Å². The average molecular weight is 229 g/mol. The monoisotopic (exact) mass is 229 g/mol. The van der Waals surface area contributed by atoms with Gasteiger partial charge in [0.1, 0.15) is 5.78 Å². The van der Waals surface area contributed by atoms with E-state index >= 15 is 0 Å². The molecule has 0 spiro atoms. The van der Waals surface area contributed by atoms with Gasteiger partial charge in [-0.25, -0.2) is 4.99 Å². The highest BCUT2D eigenvalue weighted by molar-refractivity contribution is 6.03. The second-order valence-electron chi connectivity index (χ2n) is 4.73. The number of carbonyl (C=O) groups is 1. The number of methoxy groups -OCH3 is 1. The lowest BCUT2D eigenvalue weighted by molar-refractivity contribution is -0.123. The van der Waals surface area contributed by atoms with Crippen LogP contribution in [0.4, 0.5) is 0 Å². The molecule has 0 fully saturated rings. The first-order valence-corrected chi connectivity index (χ1v) is 6.00. The van der Waals surface area contributed by atoms with E-state index < -0.39 is 0 Å². The zero-order valence-corrected chi connectivity index (χ0v) is 10.1. The largest absolute Gasteiger partial charge is 0.481 e. The van der Waals surface area contributed by atoms with Crippen LogP contribution < -0.4 is 0 Å². The Bertz CT molecular complexity index is 508. The molecule has 0 N–H and O–H groups in total. The molecule has 2 unspecified atom stereocenters. The normalized spacial score (nSPS) is 30.8. The molecule has 0 bridgehead atoms. The lowest BCUT2D eigenvalue weighted by atomic mass is 9.84. The molecule has 88 valence electrons. The van der Waals surface area contributed by atoms with Gasteiger partial charge < -0.3 is 4.74 Å². The number of aliphatic imine (C=N–C) groups is 1. The van der Waals surface area contributed by atoms with Gasteiger partial charge in [-0.15, -0.1) is 0 Å². The van der Waals surface area contributed by atoms with Gasteiger partial charge in [-0.2, -0.15) is 0 Å². The summed E-state index contributed by atoms with van der Waals surface area (Å²) >= 11 is 0. The Balaban J connectivity index is 2.16. The van der Waals surface area contributed by atoms with Crippen molar-refractivity contribution in [3.05, 3.63) is 34.8 Å². The van der Waals surface area contributed by atoms with Crippen molar-refractivity contribution in [2.24, 2.45) is 16.8 Å². The zero-order chi connectivity index (χ0) is 12.0. The maximum Gasteiger partial charge on any atom is 0.213 e. The van der Waals surface area contributed by atoms with Crippen LogP contribution >= 0.6 is 0 Å². The van der Waals surface area contributed by atoms with E-state index in [0.29, 0.717) is 11.7 Å². The third-order valence-corrected chi connectivity index (χ3v) is 3.85. The van der Waals surface area contributed by atoms with Crippen LogP contribution in [-0.2, 0) is 9.53 Å². The van der Waals surface area contributed by atoms with E-state index in [9.17, 15) is 4.79 Å². The van der Waals surface area contributed by atoms with Crippen molar-refractivity contribution in [1.82, 2.24) is 0 Å². The minimum Gasteiger partial charge on any atom is -0.481 e. The van der Waals surface area contributed by atoms with E-state index in [1.165, 1.54) is 5.57 Å². The molecule has 3 nitrogen and oxygen atoms in total. The number of hydrogen-bond acceptors (Lipinski definition) is 3. The molecule has 3 aliphatic rings. The molecule has 0 aromatic carbocycles. The van der Waals surface area contributed by atoms with Crippen LogP contribution in [0.25, 0.3) is 0 Å². The van der Waals surface area contributed by atoms with Gasteiger partial charge in [0.05, 0.1) is 7.11 Å². The molecule has 2 aliphatic carbocycles. The van der Waals surface area contributed by atoms with Crippen LogP contribution in [0.1, 0.15) is 19.8 Å². The van der Waals surface area contributed by atoms with Gasteiger partial charge in [0.15, 0.2) is 0 Å². The summed E-state index contributed by atoms with van der Waals surface area (Å²) in [5.41, 5.74) is 3.39. The Hall–Kier alpha value is -1.64. The highest BCUT2D eigenvalue weighted by Gasteiger charge is 2.40. The molecule has 0 saturated carbocycles. The number of ether oxygens (including phenoxy) is 1. The third-order valence-electron chi connectivity index (χ3n) is 3.85. The van der Waals surface area contributed by atoms with E-state index in [1.54, 1.807) is 13.3 Å². The maximum atomic E-state index is 12.2. The molecular weight excluding hydrogens is 214 g/mol. The van der Waals surface area contributed by atoms with Gasteiger partial charge in [-0.1, -0.05) is 13.0 Å². The van der Waals surface area contributed by atoms with Crippen LogP contribution in [0.5, 0.6) is 0 Å². The summed E-state index contributed by atoms with van der Waals surface area (Å²) in [5.74, 6) is 1.02. The van der Waals surface area contributed by atoms with Gasteiger partial charge in [-0.3, -0.25) is 4.79 Å². The highest BCUT2D eigenvalue weighted by atomic mass is 16.5. The molecule has 0 amide bonds. The molecule has 2 atom stereocenters. The number of rotatable bonds is 1. The number of hydrogen-bond donors (Lipinski definition) is 0. The fourth-order valence-corrected chi connectivity index (χ4v) is 2.93. The third kappa shape index (κ3) is 1.42. The standard InChI is InChI=1S/C14H15NO2/c1-8-11-7-15-12(17-2)6-9-4-3-5-10(13(9)11)14(8)16/h4,6-8,10H,3,5H2,1-2H3. The zero-order valence-electron chi connectivity index (χ0n) is 10.1. The molecule has 0 aromatic rings. The summed E-state index contributed by atoms with van der Waals surface area (Å²) in [4.78, 5) is 16.5. The summed E-state index contributed by atoms with van der Waals surface area (Å²) in [5, 5.41) is 0. The van der Waals surface area contributed by atoms with Crippen LogP contribution in [0, 0.1) is 11.8 Å². The van der Waals surface area contributed by atoms with Crippen molar-refractivity contribution in [2.75, 3.05) is 7.11 Å². The van der Waals surface area contributed by atoms with E-state index in [1.807, 2.05) is 13.0 Å². The first-order valence-electron chi connectivity index (χ1n) is 6.00. The highest BCUT2D eigenvalue weighted by Crippen LogP contribution is 2.44. The maximum absolute atomic E-state index is 12.2. The fourth-order valence-electron chi connectivity index (χ4n) is 2.93. The molecular formula is C14H15NO2. The number of carbonyl (C=O) groups excluding carboxylic acids is 1. The van der Waals surface area contributed by atoms with Crippen LogP contribution in [0.2, 0.25) is 0 Å². The predicted molar refractivity (Wildman–Crippen MR) is 65.6 cm³/mol. The van der Waals surface area contributed by atoms with Gasteiger partial charge in [0.2, 0.25) is 5.88 Å². The minimum atomic E-state index is -0.0233. The molecule has 1 aliphatic heterocycles. The number of allylic oxidation sites excluding steroid dienone is 5. The smallest absolute Gasteiger partial charge is 0.213 e. The van der Waals surface area contributed by atoms with Gasteiger partial charge in [0, 0.05) is 24.1 Å². The number of nitrogens with zero attached hydrogens (tertiary/aromatic N) is 1. The van der Waals surface area contributed by atoms with E-state index in [0.717, 1.165) is 24.0 Å². The lowest BCUT2D eigenvalue weighted by Crippen LogP contribution is -2.18. The van der Waals surface area contributed by atoms with Crippen molar-refractivity contribution < 1.29 is 9.53 Å². The molecule has 3 heteroatoms. The van der Waals surface area contributed by atoms with Gasteiger partial charge >= 0.3 is 0 Å². The second-order valence-corrected chi connectivity index (χ2v) is 4.73. The van der Waals surface area contributed by atoms with Crippen molar-refractivity contribution >= 4 is 12.0 Å². The topological polar surface area (TPSA) is 38.7 Å². The van der Waals surface area contributed by atoms with Crippen molar-refractivity contribution in [3.8, 4) is 0 Å². The number of ketones is 1. The first kappa shape index (κ1) is 10.5. The van der Waals surface area contributed by atoms with Gasteiger partial charge in [0.25, 0.3) is 0 Å². The molecule has 0 aromatic heterocycles. The Kier molecular flexibility index (Phi) is 2.28. The minimum absolute atomic E-state index is 0.0233. The summed E-state index contributed by atoms with van der Waals surface area (Å²) in [6.45, 7) is 1.98. The van der Waals surface area contributed by atoms with E-state index in [4.69, 9.17) is 4.74 Å². The van der Waals surface area contributed by atoms with Crippen LogP contribution in [-0.4, -0.2) is 19.1 Å². The molecule has 0 radical (unpaired) electrons. The molecule has 3 rings (SSSR count). The van der Waals surface area contributed by atoms with Crippen molar-refractivity contribution in [3.63, 3.8) is 0 Å². The summed E-state index contributed by atoms with van der Waals surface area (Å²) in [7, 11) is 1.62. The fraction of sp³-hybridized carbons (Fsp3) is 0.429. The molecule has 17 heavy (non-hydrogen) atoms. The predicted octanol–water partition coefficient (Wildman–Crippen LogP) is 2.41. The Morgan fingerprint density at radius 3 is 3.06 bits per heavy atom. The van der Waals surface area contributed by atoms with Crippen LogP contribution in [0.3, 0.4) is 0 Å². The second kappa shape index (κ2) is 3.69. The van der Waals surface area contributed by atoms with Crippen molar-refractivity contribution in [2.45, 2.75) is 19.8 Å². The summed E-state index contributed by atoms with van der Waals surface area (Å²) in [6, 6.07) is 0. The van der Waals surface area contributed by atoms with Crippen molar-refractivity contribution in [1.29, 1.82) is 0 Å². The van der Waals surface area contributed by atoms with Crippen LogP contribution in [0.15, 0.2) is 39.7 Å². The first-order chi connectivity index (χ1) is 8.22. The number of Topliss-reactive ketones (excluding diaryl/α,β-unsaturated/α-hetero) is 1. The lowest BCUT2D eigenvalue weighted by Gasteiger charge is -2.19. The van der Waals surface area contributed by atoms with Gasteiger partial charge in [-0.05, 0) is 29.6 Å². The Morgan fingerprint density at radius 1 is 1.47 bits per heavy atom.